The average Bonchev–Trinajstić information content (AvgIpc) is 2.11. The third kappa shape index (κ3) is 2.65. The van der Waals surface area contributed by atoms with Crippen LogP contribution < -0.4 is 11.1 Å². The number of anilines is 2. The Balaban J connectivity index is 2.81. The molecule has 13 heavy (non-hydrogen) atoms. The zero-order chi connectivity index (χ0) is 9.84. The molecule has 3 N–H and O–H groups in total. The van der Waals surface area contributed by atoms with Crippen LogP contribution in [0.5, 0.6) is 0 Å². The van der Waals surface area contributed by atoms with E-state index in [0.717, 1.165) is 17.8 Å². The van der Waals surface area contributed by atoms with E-state index in [1.54, 1.807) is 0 Å². The molecule has 0 aromatic heterocycles. The van der Waals surface area contributed by atoms with E-state index >= 15 is 0 Å². The maximum Gasteiger partial charge on any atom is 0.0578 e. The summed E-state index contributed by atoms with van der Waals surface area (Å²) in [6.45, 7) is 6.38. The fourth-order valence-corrected chi connectivity index (χ4v) is 1.16. The van der Waals surface area contributed by atoms with Gasteiger partial charge in [-0.15, -0.1) is 0 Å². The first-order chi connectivity index (χ1) is 6.13. The highest BCUT2D eigenvalue weighted by molar-refractivity contribution is 5.67. The van der Waals surface area contributed by atoms with E-state index in [4.69, 9.17) is 5.73 Å². The van der Waals surface area contributed by atoms with Crippen molar-refractivity contribution in [2.45, 2.75) is 33.2 Å². The van der Waals surface area contributed by atoms with Crippen LogP contribution >= 0.6 is 0 Å². The van der Waals surface area contributed by atoms with Gasteiger partial charge in [-0.1, -0.05) is 13.0 Å². The highest BCUT2D eigenvalue weighted by Crippen LogP contribution is 2.20. The number of hydrogen-bond acceptors (Lipinski definition) is 2. The molecule has 1 aromatic rings. The minimum atomic E-state index is 0.476. The van der Waals surface area contributed by atoms with E-state index < -0.39 is 0 Å². The smallest absolute Gasteiger partial charge is 0.0578 e. The van der Waals surface area contributed by atoms with Crippen LogP contribution in [-0.4, -0.2) is 6.04 Å². The summed E-state index contributed by atoms with van der Waals surface area (Å²) in [7, 11) is 0. The minimum Gasteiger partial charge on any atom is -0.397 e. The molecular weight excluding hydrogens is 160 g/mol. The van der Waals surface area contributed by atoms with Crippen LogP contribution in [0, 0.1) is 6.92 Å². The molecule has 0 bridgehead atoms. The van der Waals surface area contributed by atoms with Crippen molar-refractivity contribution in [2.75, 3.05) is 11.1 Å². The molecule has 0 saturated carbocycles. The van der Waals surface area contributed by atoms with Gasteiger partial charge in [0, 0.05) is 6.04 Å². The number of nitrogens with one attached hydrogen (secondary N) is 1. The van der Waals surface area contributed by atoms with E-state index in [9.17, 15) is 0 Å². The van der Waals surface area contributed by atoms with Crippen LogP contribution in [0.2, 0.25) is 0 Å². The van der Waals surface area contributed by atoms with Gasteiger partial charge in [-0.05, 0) is 38.0 Å². The Morgan fingerprint density at radius 3 is 2.77 bits per heavy atom. The van der Waals surface area contributed by atoms with Gasteiger partial charge in [0.15, 0.2) is 0 Å². The van der Waals surface area contributed by atoms with Gasteiger partial charge < -0.3 is 11.1 Å². The molecule has 0 fully saturated rings. The lowest BCUT2D eigenvalue weighted by molar-refractivity contribution is 0.764. The van der Waals surface area contributed by atoms with Crippen molar-refractivity contribution in [2.24, 2.45) is 0 Å². The monoisotopic (exact) mass is 178 g/mol. The van der Waals surface area contributed by atoms with Crippen molar-refractivity contribution in [1.82, 2.24) is 0 Å². The standard InChI is InChI=1S/C11H18N2/c1-4-9(3)13-11-7-8(2)5-6-10(11)12/h5-7,9,13H,4,12H2,1-3H3. The van der Waals surface area contributed by atoms with Crippen LogP contribution in [0.25, 0.3) is 0 Å². The number of aryl methyl sites for hydroxylation is 1. The molecule has 2 nitrogen and oxygen atoms in total. The molecule has 72 valence electrons. The zero-order valence-corrected chi connectivity index (χ0v) is 8.59. The number of nitrogen functional groups attached to an aromatic ring is 1. The molecule has 1 rings (SSSR count). The van der Waals surface area contributed by atoms with Gasteiger partial charge in [-0.2, -0.15) is 0 Å². The second-order valence-corrected chi connectivity index (χ2v) is 3.54. The largest absolute Gasteiger partial charge is 0.397 e. The Labute approximate surface area is 80.1 Å². The Bertz CT molecular complexity index is 281. The molecule has 1 atom stereocenters. The van der Waals surface area contributed by atoms with Crippen molar-refractivity contribution >= 4 is 11.4 Å². The lowest BCUT2D eigenvalue weighted by atomic mass is 10.1. The number of nitrogens with two attached hydrogens (primary N) is 1. The zero-order valence-electron chi connectivity index (χ0n) is 8.59. The Morgan fingerprint density at radius 2 is 2.15 bits per heavy atom. The summed E-state index contributed by atoms with van der Waals surface area (Å²) < 4.78 is 0. The quantitative estimate of drug-likeness (QED) is 0.698. The van der Waals surface area contributed by atoms with Crippen LogP contribution in [0.15, 0.2) is 18.2 Å². The van der Waals surface area contributed by atoms with Crippen LogP contribution in [0.1, 0.15) is 25.8 Å². The van der Waals surface area contributed by atoms with Crippen LogP contribution in [0.4, 0.5) is 11.4 Å². The average molecular weight is 178 g/mol. The lowest BCUT2D eigenvalue weighted by Crippen LogP contribution is -2.14. The molecule has 0 saturated heterocycles. The number of hydrogen-bond donors (Lipinski definition) is 2. The van der Waals surface area contributed by atoms with Gasteiger partial charge in [0.25, 0.3) is 0 Å². The van der Waals surface area contributed by atoms with Crippen LogP contribution in [-0.2, 0) is 0 Å². The molecule has 0 amide bonds. The molecule has 1 aromatic carbocycles. The molecule has 0 spiro atoms. The van der Waals surface area contributed by atoms with Gasteiger partial charge in [0.1, 0.15) is 0 Å². The first kappa shape index (κ1) is 9.90. The molecule has 1 unspecified atom stereocenters. The fourth-order valence-electron chi connectivity index (χ4n) is 1.16. The predicted octanol–water partition coefficient (Wildman–Crippen LogP) is 2.79. The summed E-state index contributed by atoms with van der Waals surface area (Å²) >= 11 is 0. The summed E-state index contributed by atoms with van der Waals surface area (Å²) in [6, 6.07) is 6.53. The van der Waals surface area contributed by atoms with Gasteiger partial charge in [0.2, 0.25) is 0 Å². The van der Waals surface area contributed by atoms with Crippen molar-refractivity contribution in [3.8, 4) is 0 Å². The Morgan fingerprint density at radius 1 is 1.46 bits per heavy atom. The van der Waals surface area contributed by atoms with E-state index in [1.807, 2.05) is 12.1 Å². The van der Waals surface area contributed by atoms with Gasteiger partial charge >= 0.3 is 0 Å². The SMILES string of the molecule is CCC(C)Nc1cc(C)ccc1N. The number of rotatable bonds is 3. The first-order valence-electron chi connectivity index (χ1n) is 4.76. The van der Waals surface area contributed by atoms with E-state index in [-0.39, 0.29) is 0 Å². The van der Waals surface area contributed by atoms with Gasteiger partial charge in [-0.3, -0.25) is 0 Å². The Hall–Kier alpha value is -1.18. The fraction of sp³-hybridized carbons (Fsp3) is 0.455. The lowest BCUT2D eigenvalue weighted by Gasteiger charge is -2.15. The molecular formula is C11H18N2. The van der Waals surface area contributed by atoms with Gasteiger partial charge in [0.05, 0.1) is 11.4 Å². The molecule has 0 aliphatic rings. The Kier molecular flexibility index (Phi) is 3.18. The van der Waals surface area contributed by atoms with Crippen molar-refractivity contribution < 1.29 is 0 Å². The molecule has 0 radical (unpaired) electrons. The minimum absolute atomic E-state index is 0.476. The molecule has 0 aliphatic heterocycles. The maximum absolute atomic E-state index is 5.83. The van der Waals surface area contributed by atoms with E-state index in [2.05, 4.69) is 32.2 Å². The summed E-state index contributed by atoms with van der Waals surface area (Å²) in [6.07, 6.45) is 1.10. The topological polar surface area (TPSA) is 38.0 Å². The highest BCUT2D eigenvalue weighted by atomic mass is 14.9. The highest BCUT2D eigenvalue weighted by Gasteiger charge is 2.02. The summed E-state index contributed by atoms with van der Waals surface area (Å²) in [5, 5.41) is 3.38. The van der Waals surface area contributed by atoms with E-state index in [1.165, 1.54) is 5.56 Å². The third-order valence-electron chi connectivity index (χ3n) is 2.22. The number of benzene rings is 1. The van der Waals surface area contributed by atoms with Crippen molar-refractivity contribution in [3.05, 3.63) is 23.8 Å². The molecule has 2 heteroatoms. The summed E-state index contributed by atoms with van der Waals surface area (Å²) in [5.74, 6) is 0. The third-order valence-corrected chi connectivity index (χ3v) is 2.22. The first-order valence-corrected chi connectivity index (χ1v) is 4.76. The summed E-state index contributed by atoms with van der Waals surface area (Å²) in [4.78, 5) is 0. The molecule has 0 aliphatic carbocycles. The van der Waals surface area contributed by atoms with Crippen molar-refractivity contribution in [3.63, 3.8) is 0 Å². The normalized spacial score (nSPS) is 12.5. The predicted molar refractivity (Wildman–Crippen MR) is 59.0 cm³/mol. The van der Waals surface area contributed by atoms with E-state index in [0.29, 0.717) is 6.04 Å². The summed E-state index contributed by atoms with van der Waals surface area (Å²) in [5.41, 5.74) is 8.94. The van der Waals surface area contributed by atoms with Crippen LogP contribution in [0.3, 0.4) is 0 Å². The second kappa shape index (κ2) is 4.17. The maximum atomic E-state index is 5.83. The van der Waals surface area contributed by atoms with Gasteiger partial charge in [-0.25, -0.2) is 0 Å². The van der Waals surface area contributed by atoms with Crippen molar-refractivity contribution in [1.29, 1.82) is 0 Å². The second-order valence-electron chi connectivity index (χ2n) is 3.54. The molecule has 0 heterocycles.